The molecule has 0 aromatic heterocycles. The van der Waals surface area contributed by atoms with Gasteiger partial charge in [0.15, 0.2) is 0 Å². The Morgan fingerprint density at radius 3 is 2.45 bits per heavy atom. The highest BCUT2D eigenvalue weighted by atomic mass is 32.2. The van der Waals surface area contributed by atoms with Gasteiger partial charge >= 0.3 is 0 Å². The maximum atomic E-state index is 12.5. The predicted octanol–water partition coefficient (Wildman–Crippen LogP) is 1.13. The molecule has 110 valence electrons. The van der Waals surface area contributed by atoms with Crippen molar-refractivity contribution in [3.8, 4) is 0 Å². The molecule has 1 aromatic rings. The molecule has 7 nitrogen and oxygen atoms in total. The van der Waals surface area contributed by atoms with E-state index in [-0.39, 0.29) is 23.2 Å². The number of benzene rings is 1. The first kappa shape index (κ1) is 14.9. The molecular formula is C12H16N2O5S. The summed E-state index contributed by atoms with van der Waals surface area (Å²) >= 11 is 0. The van der Waals surface area contributed by atoms with Crippen molar-refractivity contribution in [3.63, 3.8) is 0 Å². The number of hydrogen-bond donors (Lipinski definition) is 1. The monoisotopic (exact) mass is 300 g/mol. The minimum Gasteiger partial charge on any atom is -0.392 e. The highest BCUT2D eigenvalue weighted by Crippen LogP contribution is 2.26. The Bertz CT molecular complexity index is 599. The summed E-state index contributed by atoms with van der Waals surface area (Å²) in [7, 11) is -3.74. The zero-order valence-electron chi connectivity index (χ0n) is 11.0. The van der Waals surface area contributed by atoms with Crippen LogP contribution in [0.2, 0.25) is 0 Å². The zero-order chi connectivity index (χ0) is 14.9. The molecule has 0 spiro atoms. The number of nitrogens with zero attached hydrogens (tertiary/aromatic N) is 2. The molecule has 8 heteroatoms. The summed E-state index contributed by atoms with van der Waals surface area (Å²) in [4.78, 5) is 10.00. The van der Waals surface area contributed by atoms with Crippen molar-refractivity contribution in [3.05, 3.63) is 34.4 Å². The SMILES string of the molecule is C[C@H]1CC[C@H](O)CN1S(=O)(=O)c1ccc([N+](=O)[O-])cc1. The van der Waals surface area contributed by atoms with E-state index in [2.05, 4.69) is 0 Å². The van der Waals surface area contributed by atoms with E-state index < -0.39 is 21.1 Å². The number of piperidine rings is 1. The number of β-amino-alcohol motifs (C(OH)–C–C–N with tert-alkyl or cyclic N) is 1. The Balaban J connectivity index is 2.31. The maximum absolute atomic E-state index is 12.5. The number of aliphatic hydroxyl groups excluding tert-OH is 1. The van der Waals surface area contributed by atoms with E-state index in [0.717, 1.165) is 12.1 Å². The second kappa shape index (κ2) is 5.47. The average molecular weight is 300 g/mol. The fourth-order valence-electron chi connectivity index (χ4n) is 2.27. The van der Waals surface area contributed by atoms with Crippen LogP contribution in [-0.2, 0) is 10.0 Å². The van der Waals surface area contributed by atoms with Crippen molar-refractivity contribution in [1.29, 1.82) is 0 Å². The third kappa shape index (κ3) is 2.82. The van der Waals surface area contributed by atoms with Gasteiger partial charge in [-0.15, -0.1) is 0 Å². The lowest BCUT2D eigenvalue weighted by Crippen LogP contribution is -2.47. The number of sulfonamides is 1. The first-order chi connectivity index (χ1) is 9.32. The first-order valence-corrected chi connectivity index (χ1v) is 7.70. The summed E-state index contributed by atoms with van der Waals surface area (Å²) in [6.45, 7) is 1.84. The molecule has 1 saturated heterocycles. The highest BCUT2D eigenvalue weighted by molar-refractivity contribution is 7.89. The van der Waals surface area contributed by atoms with Crippen molar-refractivity contribution in [2.75, 3.05) is 6.54 Å². The summed E-state index contributed by atoms with van der Waals surface area (Å²) in [5.74, 6) is 0. The third-order valence-electron chi connectivity index (χ3n) is 3.45. The molecule has 2 atom stereocenters. The molecule has 1 aliphatic rings. The van der Waals surface area contributed by atoms with Crippen LogP contribution >= 0.6 is 0 Å². The molecule has 0 aliphatic carbocycles. The van der Waals surface area contributed by atoms with Crippen LogP contribution in [0.15, 0.2) is 29.2 Å². The van der Waals surface area contributed by atoms with Crippen LogP contribution in [0.3, 0.4) is 0 Å². The standard InChI is InChI=1S/C12H16N2O5S/c1-9-2-5-11(15)8-13(9)20(18,19)12-6-3-10(4-7-12)14(16)17/h3-4,6-7,9,11,15H,2,5,8H2,1H3/t9-,11-/m0/s1. The molecule has 0 amide bonds. The molecule has 1 fully saturated rings. The molecule has 2 rings (SSSR count). The lowest BCUT2D eigenvalue weighted by Gasteiger charge is -2.34. The molecule has 1 heterocycles. The second-order valence-electron chi connectivity index (χ2n) is 4.91. The Kier molecular flexibility index (Phi) is 4.07. The zero-order valence-corrected chi connectivity index (χ0v) is 11.8. The first-order valence-electron chi connectivity index (χ1n) is 6.26. The molecule has 20 heavy (non-hydrogen) atoms. The minimum absolute atomic E-state index is 0.00375. The molecule has 1 aromatic carbocycles. The van der Waals surface area contributed by atoms with Gasteiger partial charge in [0.05, 0.1) is 15.9 Å². The average Bonchev–Trinajstić information content (AvgIpc) is 2.41. The van der Waals surface area contributed by atoms with Crippen LogP contribution in [0, 0.1) is 10.1 Å². The topological polar surface area (TPSA) is 101 Å². The summed E-state index contributed by atoms with van der Waals surface area (Å²) < 4.78 is 26.2. The van der Waals surface area contributed by atoms with Gasteiger partial charge in [-0.3, -0.25) is 10.1 Å². The summed E-state index contributed by atoms with van der Waals surface area (Å²) in [6.07, 6.45) is 0.500. The fourth-order valence-corrected chi connectivity index (χ4v) is 3.97. The van der Waals surface area contributed by atoms with Crippen LogP contribution in [0.4, 0.5) is 5.69 Å². The lowest BCUT2D eigenvalue weighted by molar-refractivity contribution is -0.384. The third-order valence-corrected chi connectivity index (χ3v) is 5.45. The van der Waals surface area contributed by atoms with E-state index in [1.54, 1.807) is 6.92 Å². The highest BCUT2D eigenvalue weighted by Gasteiger charge is 2.34. The van der Waals surface area contributed by atoms with Crippen LogP contribution < -0.4 is 0 Å². The van der Waals surface area contributed by atoms with Gasteiger partial charge in [-0.2, -0.15) is 4.31 Å². The molecule has 1 N–H and O–H groups in total. The van der Waals surface area contributed by atoms with Gasteiger partial charge in [-0.1, -0.05) is 0 Å². The smallest absolute Gasteiger partial charge is 0.269 e. The largest absolute Gasteiger partial charge is 0.392 e. The summed E-state index contributed by atoms with van der Waals surface area (Å²) in [6, 6.07) is 4.58. The van der Waals surface area contributed by atoms with Crippen molar-refractivity contribution < 1.29 is 18.4 Å². The van der Waals surface area contributed by atoms with E-state index in [0.29, 0.717) is 12.8 Å². The van der Waals surface area contributed by atoms with Crippen molar-refractivity contribution in [1.82, 2.24) is 4.31 Å². The number of nitro groups is 1. The van der Waals surface area contributed by atoms with E-state index in [1.165, 1.54) is 16.4 Å². The van der Waals surface area contributed by atoms with Crippen molar-refractivity contribution >= 4 is 15.7 Å². The predicted molar refractivity (Wildman–Crippen MR) is 71.7 cm³/mol. The number of hydrogen-bond acceptors (Lipinski definition) is 5. The van der Waals surface area contributed by atoms with Crippen LogP contribution in [0.1, 0.15) is 19.8 Å². The fraction of sp³-hybridized carbons (Fsp3) is 0.500. The van der Waals surface area contributed by atoms with Crippen molar-refractivity contribution in [2.45, 2.75) is 36.8 Å². The Morgan fingerprint density at radius 1 is 1.30 bits per heavy atom. The molecule has 0 radical (unpaired) electrons. The van der Waals surface area contributed by atoms with Gasteiger partial charge < -0.3 is 5.11 Å². The molecule has 0 saturated carbocycles. The van der Waals surface area contributed by atoms with Crippen LogP contribution in [0.5, 0.6) is 0 Å². The van der Waals surface area contributed by atoms with E-state index in [4.69, 9.17) is 0 Å². The minimum atomic E-state index is -3.74. The van der Waals surface area contributed by atoms with Gasteiger partial charge in [0.25, 0.3) is 5.69 Å². The van der Waals surface area contributed by atoms with E-state index >= 15 is 0 Å². The molecule has 0 unspecified atom stereocenters. The van der Waals surface area contributed by atoms with Crippen molar-refractivity contribution in [2.24, 2.45) is 0 Å². The Hall–Kier alpha value is -1.51. The van der Waals surface area contributed by atoms with Gasteiger partial charge in [-0.25, -0.2) is 8.42 Å². The molecular weight excluding hydrogens is 284 g/mol. The molecule has 0 bridgehead atoms. The number of rotatable bonds is 3. The Labute approximate surface area is 117 Å². The number of non-ortho nitro benzene ring substituents is 1. The van der Waals surface area contributed by atoms with Gasteiger partial charge in [-0.05, 0) is 31.9 Å². The van der Waals surface area contributed by atoms with Gasteiger partial charge in [0.2, 0.25) is 10.0 Å². The number of aliphatic hydroxyl groups is 1. The van der Waals surface area contributed by atoms with E-state index in [1.807, 2.05) is 0 Å². The van der Waals surface area contributed by atoms with E-state index in [9.17, 15) is 23.6 Å². The summed E-state index contributed by atoms with van der Waals surface area (Å²) in [5.41, 5.74) is -0.157. The van der Waals surface area contributed by atoms with Crippen LogP contribution in [0.25, 0.3) is 0 Å². The lowest BCUT2D eigenvalue weighted by atomic mass is 10.0. The molecule has 1 aliphatic heterocycles. The quantitative estimate of drug-likeness (QED) is 0.666. The number of nitro benzene ring substituents is 1. The Morgan fingerprint density at radius 2 is 1.90 bits per heavy atom. The second-order valence-corrected chi connectivity index (χ2v) is 6.80. The van der Waals surface area contributed by atoms with Gasteiger partial charge in [0, 0.05) is 24.7 Å². The maximum Gasteiger partial charge on any atom is 0.269 e. The van der Waals surface area contributed by atoms with Crippen LogP contribution in [-0.4, -0.2) is 41.4 Å². The summed E-state index contributed by atoms with van der Waals surface area (Å²) in [5, 5.41) is 20.2. The normalized spacial score (nSPS) is 24.5. The van der Waals surface area contributed by atoms with Gasteiger partial charge in [0.1, 0.15) is 0 Å².